The van der Waals surface area contributed by atoms with E-state index in [0.717, 1.165) is 75.4 Å². The third-order valence-electron chi connectivity index (χ3n) is 8.10. The highest BCUT2D eigenvalue weighted by Crippen LogP contribution is 2.39. The summed E-state index contributed by atoms with van der Waals surface area (Å²) in [6.07, 6.45) is 8.49. The summed E-state index contributed by atoms with van der Waals surface area (Å²) in [7, 11) is 0. The molecule has 0 bridgehead atoms. The molecule has 2 aliphatic heterocycles. The number of aromatic nitrogens is 2. The number of benzene rings is 1. The van der Waals surface area contributed by atoms with Crippen LogP contribution in [0.3, 0.4) is 0 Å². The molecule has 3 aliphatic rings. The van der Waals surface area contributed by atoms with Gasteiger partial charge in [0.05, 0.1) is 13.2 Å². The number of morpholine rings is 1. The first-order valence-electron chi connectivity index (χ1n) is 13.8. The van der Waals surface area contributed by atoms with Crippen LogP contribution in [0.15, 0.2) is 30.3 Å². The topological polar surface area (TPSA) is 65.6 Å². The van der Waals surface area contributed by atoms with Crippen LogP contribution in [0.4, 0.5) is 17.6 Å². The molecule has 1 aliphatic carbocycles. The molecule has 1 saturated carbocycles. The van der Waals surface area contributed by atoms with Gasteiger partial charge in [0.2, 0.25) is 5.95 Å². The van der Waals surface area contributed by atoms with Gasteiger partial charge >= 0.3 is 0 Å². The predicted octanol–water partition coefficient (Wildman–Crippen LogP) is 5.39. The Labute approximate surface area is 231 Å². The smallest absolute Gasteiger partial charge is 0.232 e. The minimum absolute atomic E-state index is 0.0557. The zero-order chi connectivity index (χ0) is 25.7. The summed E-state index contributed by atoms with van der Waals surface area (Å²) in [6.45, 7) is 8.24. The zero-order valence-corrected chi connectivity index (χ0v) is 23.4. The molecule has 0 amide bonds. The molecule has 2 saturated heterocycles. The van der Waals surface area contributed by atoms with Crippen LogP contribution in [0.1, 0.15) is 57.4 Å². The van der Waals surface area contributed by atoms with Crippen molar-refractivity contribution in [2.45, 2.75) is 57.3 Å². The van der Waals surface area contributed by atoms with Gasteiger partial charge in [-0.25, -0.2) is 0 Å². The monoisotopic (exact) mass is 542 g/mol. The lowest BCUT2D eigenvalue weighted by Crippen LogP contribution is -2.44. The molecule has 1 aromatic heterocycles. The molecule has 0 radical (unpaired) electrons. The van der Waals surface area contributed by atoms with Crippen molar-refractivity contribution in [3.8, 4) is 0 Å². The van der Waals surface area contributed by atoms with Gasteiger partial charge in [-0.3, -0.25) is 0 Å². The summed E-state index contributed by atoms with van der Waals surface area (Å²) in [5.41, 5.74) is 1.39. The van der Waals surface area contributed by atoms with Crippen molar-refractivity contribution in [3.63, 3.8) is 0 Å². The number of rotatable bonds is 6. The highest BCUT2D eigenvalue weighted by atomic mass is 35.5. The third-order valence-corrected chi connectivity index (χ3v) is 8.59. The van der Waals surface area contributed by atoms with Crippen LogP contribution in [0.25, 0.3) is 0 Å². The van der Waals surface area contributed by atoms with Crippen molar-refractivity contribution >= 4 is 46.5 Å². The van der Waals surface area contributed by atoms with E-state index in [1.54, 1.807) is 0 Å². The van der Waals surface area contributed by atoms with Gasteiger partial charge in [0.25, 0.3) is 0 Å². The molecule has 3 heterocycles. The number of halogens is 1. The van der Waals surface area contributed by atoms with Crippen LogP contribution in [-0.2, 0) is 10.2 Å². The van der Waals surface area contributed by atoms with Crippen LogP contribution in [0, 0.1) is 5.92 Å². The van der Waals surface area contributed by atoms with Crippen LogP contribution in [-0.4, -0.2) is 61.0 Å². The highest BCUT2D eigenvalue weighted by molar-refractivity contribution is 7.80. The molecule has 0 spiro atoms. The van der Waals surface area contributed by atoms with E-state index in [1.165, 1.54) is 37.7 Å². The normalized spacial score (nSPS) is 21.9. The van der Waals surface area contributed by atoms with Crippen LogP contribution < -0.4 is 20.4 Å². The fourth-order valence-corrected chi connectivity index (χ4v) is 6.28. The Bertz CT molecular complexity index is 1060. The van der Waals surface area contributed by atoms with Crippen molar-refractivity contribution < 1.29 is 4.74 Å². The second-order valence-electron chi connectivity index (χ2n) is 10.9. The molecule has 7 nitrogen and oxygen atoms in total. The molecule has 37 heavy (non-hydrogen) atoms. The Kier molecular flexibility index (Phi) is 8.67. The standard InChI is InChI=1S/C28H39ClN6OS/c1-21-6-5-13-35(19-21)25-18-24(34-14-16-36-17-15-34)31-26(32-25)33-27(37)30-20-28(11-3-2-4-12-28)22-7-9-23(29)10-8-22/h7-10,18,21H,2-6,11-17,19-20H2,1H3,(H2,30,31,32,33,37)/t21-/m0/s1. The molecule has 3 fully saturated rings. The minimum Gasteiger partial charge on any atom is -0.378 e. The number of nitrogens with zero attached hydrogens (tertiary/aromatic N) is 4. The molecule has 1 atom stereocenters. The van der Waals surface area contributed by atoms with E-state index in [1.807, 2.05) is 12.1 Å². The lowest BCUT2D eigenvalue weighted by atomic mass is 9.69. The average Bonchev–Trinajstić information content (AvgIpc) is 2.93. The number of piperidine rings is 1. The van der Waals surface area contributed by atoms with Gasteiger partial charge in [0, 0.05) is 49.2 Å². The maximum atomic E-state index is 6.19. The predicted molar refractivity (Wildman–Crippen MR) is 156 cm³/mol. The number of ether oxygens (including phenoxy) is 1. The van der Waals surface area contributed by atoms with Gasteiger partial charge in [0.1, 0.15) is 11.6 Å². The molecule has 9 heteroatoms. The number of thiocarbonyl (C=S) groups is 1. The van der Waals surface area contributed by atoms with Crippen LogP contribution in [0.2, 0.25) is 5.02 Å². The van der Waals surface area contributed by atoms with Gasteiger partial charge in [-0.15, -0.1) is 0 Å². The second-order valence-corrected chi connectivity index (χ2v) is 11.7. The van der Waals surface area contributed by atoms with Gasteiger partial charge in [-0.1, -0.05) is 49.9 Å². The summed E-state index contributed by atoms with van der Waals surface area (Å²) < 4.78 is 5.57. The van der Waals surface area contributed by atoms with Crippen LogP contribution >= 0.6 is 23.8 Å². The fraction of sp³-hybridized carbons (Fsp3) is 0.607. The first-order valence-corrected chi connectivity index (χ1v) is 14.6. The van der Waals surface area contributed by atoms with E-state index >= 15 is 0 Å². The van der Waals surface area contributed by atoms with Crippen molar-refractivity contribution in [2.75, 3.05) is 61.1 Å². The first kappa shape index (κ1) is 26.4. The van der Waals surface area contributed by atoms with E-state index in [-0.39, 0.29) is 5.41 Å². The second kappa shape index (κ2) is 12.1. The molecule has 5 rings (SSSR count). The van der Waals surface area contributed by atoms with E-state index in [9.17, 15) is 0 Å². The number of nitrogens with one attached hydrogen (secondary N) is 2. The van der Waals surface area contributed by atoms with E-state index in [0.29, 0.717) is 17.0 Å². The van der Waals surface area contributed by atoms with Gasteiger partial charge < -0.3 is 25.2 Å². The van der Waals surface area contributed by atoms with Gasteiger partial charge in [-0.2, -0.15) is 9.97 Å². The Morgan fingerprint density at radius 3 is 2.43 bits per heavy atom. The maximum Gasteiger partial charge on any atom is 0.232 e. The van der Waals surface area contributed by atoms with E-state index in [4.69, 9.17) is 38.5 Å². The summed E-state index contributed by atoms with van der Waals surface area (Å²) >= 11 is 12.0. The van der Waals surface area contributed by atoms with Crippen molar-refractivity contribution in [1.82, 2.24) is 15.3 Å². The number of hydrogen-bond acceptors (Lipinski definition) is 6. The zero-order valence-electron chi connectivity index (χ0n) is 21.8. The highest BCUT2D eigenvalue weighted by Gasteiger charge is 2.34. The third kappa shape index (κ3) is 6.65. The summed E-state index contributed by atoms with van der Waals surface area (Å²) in [4.78, 5) is 14.4. The summed E-state index contributed by atoms with van der Waals surface area (Å²) in [6, 6.07) is 10.5. The molecule has 200 valence electrons. The minimum atomic E-state index is 0.0557. The lowest BCUT2D eigenvalue weighted by Gasteiger charge is -2.38. The quantitative estimate of drug-likeness (QED) is 0.471. The molecular weight excluding hydrogens is 504 g/mol. The Balaban J connectivity index is 1.32. The van der Waals surface area contributed by atoms with Gasteiger partial charge in [0.15, 0.2) is 5.11 Å². The van der Waals surface area contributed by atoms with E-state index in [2.05, 4.69) is 45.6 Å². The fourth-order valence-electron chi connectivity index (χ4n) is 5.99. The van der Waals surface area contributed by atoms with Crippen LogP contribution in [0.5, 0.6) is 0 Å². The number of anilines is 3. The SMILES string of the molecule is C[C@H]1CCCN(c2cc(N3CCOCC3)nc(NC(=S)NCC3(c4ccc(Cl)cc4)CCCCC3)n2)C1. The molecule has 2 aromatic rings. The first-order chi connectivity index (χ1) is 18.0. The van der Waals surface area contributed by atoms with Crippen molar-refractivity contribution in [3.05, 3.63) is 40.9 Å². The molecule has 2 N–H and O–H groups in total. The van der Waals surface area contributed by atoms with E-state index < -0.39 is 0 Å². The summed E-state index contributed by atoms with van der Waals surface area (Å²) in [5, 5.41) is 8.18. The van der Waals surface area contributed by atoms with Crippen molar-refractivity contribution in [1.29, 1.82) is 0 Å². The van der Waals surface area contributed by atoms with Crippen molar-refractivity contribution in [2.24, 2.45) is 5.92 Å². The maximum absolute atomic E-state index is 6.19. The molecular formula is C28H39ClN6OS. The summed E-state index contributed by atoms with van der Waals surface area (Å²) in [5.74, 6) is 3.12. The largest absolute Gasteiger partial charge is 0.378 e. The molecule has 0 unspecified atom stereocenters. The Morgan fingerprint density at radius 1 is 1.03 bits per heavy atom. The Hall–Kier alpha value is -2.16. The average molecular weight is 543 g/mol. The van der Waals surface area contributed by atoms with Gasteiger partial charge in [-0.05, 0) is 61.5 Å². The molecule has 1 aromatic carbocycles. The number of hydrogen-bond donors (Lipinski definition) is 2. The Morgan fingerprint density at radius 2 is 1.73 bits per heavy atom. The lowest BCUT2D eigenvalue weighted by molar-refractivity contribution is 0.122.